The summed E-state index contributed by atoms with van der Waals surface area (Å²) in [4.78, 5) is 19.7. The Labute approximate surface area is 164 Å². The molecule has 2 aromatic rings. The van der Waals surface area contributed by atoms with Crippen molar-refractivity contribution in [1.29, 1.82) is 0 Å². The van der Waals surface area contributed by atoms with Gasteiger partial charge >= 0.3 is 0 Å². The Kier molecular flexibility index (Phi) is 4.64. The van der Waals surface area contributed by atoms with E-state index in [1.54, 1.807) is 6.20 Å². The Morgan fingerprint density at radius 2 is 1.96 bits per heavy atom. The fourth-order valence-electron chi connectivity index (χ4n) is 4.15. The Bertz CT molecular complexity index is 864. The zero-order chi connectivity index (χ0) is 18.9. The molecule has 1 amide bonds. The molecule has 6 nitrogen and oxygen atoms in total. The van der Waals surface area contributed by atoms with Gasteiger partial charge in [-0.25, -0.2) is 0 Å². The summed E-state index contributed by atoms with van der Waals surface area (Å²) in [6.07, 6.45) is 7.33. The predicted molar refractivity (Wildman–Crippen MR) is 105 cm³/mol. The van der Waals surface area contributed by atoms with Crippen LogP contribution in [0.4, 0.5) is 5.69 Å². The molecule has 5 rings (SSSR count). The van der Waals surface area contributed by atoms with Gasteiger partial charge in [0.25, 0.3) is 0 Å². The lowest BCUT2D eigenvalue weighted by atomic mass is 10.0. The maximum absolute atomic E-state index is 13.0. The highest BCUT2D eigenvalue weighted by Crippen LogP contribution is 2.40. The molecule has 6 heteroatoms. The van der Waals surface area contributed by atoms with E-state index in [4.69, 9.17) is 9.47 Å². The van der Waals surface area contributed by atoms with Crippen LogP contribution in [0.1, 0.15) is 49.3 Å². The maximum atomic E-state index is 13.0. The van der Waals surface area contributed by atoms with Gasteiger partial charge in [-0.3, -0.25) is 14.7 Å². The summed E-state index contributed by atoms with van der Waals surface area (Å²) in [6.45, 7) is 1.70. The number of aromatic nitrogens is 1. The minimum absolute atomic E-state index is 0.0589. The molecule has 0 radical (unpaired) electrons. The van der Waals surface area contributed by atoms with Crippen LogP contribution < -0.4 is 14.8 Å². The van der Waals surface area contributed by atoms with Crippen molar-refractivity contribution in [2.75, 3.05) is 18.7 Å². The van der Waals surface area contributed by atoms with Gasteiger partial charge in [-0.05, 0) is 55.8 Å². The number of benzene rings is 1. The van der Waals surface area contributed by atoms with E-state index < -0.39 is 0 Å². The van der Waals surface area contributed by atoms with Gasteiger partial charge in [-0.15, -0.1) is 0 Å². The number of nitrogens with one attached hydrogen (secondary N) is 1. The number of pyridine rings is 1. The van der Waals surface area contributed by atoms with Gasteiger partial charge in [0.1, 0.15) is 5.69 Å². The minimum atomic E-state index is -0.156. The van der Waals surface area contributed by atoms with Crippen LogP contribution in [0.5, 0.6) is 11.5 Å². The Balaban J connectivity index is 1.28. The number of carbonyl (C=O) groups is 1. The highest BCUT2D eigenvalue weighted by Gasteiger charge is 2.31. The summed E-state index contributed by atoms with van der Waals surface area (Å²) in [5, 5.41) is 3.11. The summed E-state index contributed by atoms with van der Waals surface area (Å²) in [5.74, 6) is 2.23. The van der Waals surface area contributed by atoms with Crippen LogP contribution in [0.2, 0.25) is 0 Å². The Hall–Kier alpha value is -2.60. The monoisotopic (exact) mass is 379 g/mol. The zero-order valence-electron chi connectivity index (χ0n) is 15.9. The second-order valence-corrected chi connectivity index (χ2v) is 7.86. The van der Waals surface area contributed by atoms with Gasteiger partial charge in [-0.1, -0.05) is 18.6 Å². The molecule has 2 fully saturated rings. The molecular weight excluding hydrogens is 354 g/mol. The summed E-state index contributed by atoms with van der Waals surface area (Å²) >= 11 is 0. The first-order chi connectivity index (χ1) is 13.8. The molecule has 1 saturated heterocycles. The van der Waals surface area contributed by atoms with Crippen LogP contribution in [-0.4, -0.2) is 35.2 Å². The van der Waals surface area contributed by atoms with Crippen molar-refractivity contribution in [1.82, 2.24) is 9.88 Å². The highest BCUT2D eigenvalue weighted by atomic mass is 16.7. The lowest BCUT2D eigenvalue weighted by Gasteiger charge is -2.34. The third-order valence-electron chi connectivity index (χ3n) is 5.86. The molecule has 1 aliphatic carbocycles. The molecule has 0 spiro atoms. The van der Waals surface area contributed by atoms with E-state index in [0.717, 1.165) is 48.9 Å². The number of amides is 1. The van der Waals surface area contributed by atoms with Gasteiger partial charge in [0, 0.05) is 24.5 Å². The number of carbonyl (C=O) groups excluding carboxylic acids is 1. The summed E-state index contributed by atoms with van der Waals surface area (Å²) in [5.41, 5.74) is 3.09. The van der Waals surface area contributed by atoms with Crippen molar-refractivity contribution in [3.8, 4) is 11.5 Å². The molecule has 0 unspecified atom stereocenters. The molecule has 1 N–H and O–H groups in total. The number of fused-ring (bicyclic) bond motifs is 1. The molecule has 146 valence electrons. The average Bonchev–Trinajstić information content (AvgIpc) is 3.46. The quantitative estimate of drug-likeness (QED) is 0.859. The number of rotatable bonds is 5. The van der Waals surface area contributed by atoms with E-state index in [2.05, 4.69) is 27.3 Å². The fourth-order valence-corrected chi connectivity index (χ4v) is 4.15. The van der Waals surface area contributed by atoms with E-state index in [0.29, 0.717) is 12.3 Å². The van der Waals surface area contributed by atoms with Gasteiger partial charge in [0.05, 0.1) is 6.04 Å². The number of piperidine rings is 1. The van der Waals surface area contributed by atoms with E-state index in [9.17, 15) is 4.79 Å². The van der Waals surface area contributed by atoms with Gasteiger partial charge in [-0.2, -0.15) is 0 Å². The van der Waals surface area contributed by atoms with Gasteiger partial charge in [0.2, 0.25) is 12.7 Å². The standard InChI is InChI=1S/C22H25N3O3/c26-22(24-17-8-6-16(7-9-17)15-4-5-15)19-3-1-2-12-25(19)13-18-21-20(10-11-23-18)27-14-28-21/h6-11,15,19H,1-5,12-14H2,(H,24,26)/t19-/m1/s1. The normalized spacial score (nSPS) is 21.5. The van der Waals surface area contributed by atoms with Gasteiger partial charge < -0.3 is 14.8 Å². The minimum Gasteiger partial charge on any atom is -0.453 e. The van der Waals surface area contributed by atoms with Crippen molar-refractivity contribution >= 4 is 11.6 Å². The van der Waals surface area contributed by atoms with E-state index in [1.165, 1.54) is 18.4 Å². The Morgan fingerprint density at radius 1 is 1.11 bits per heavy atom. The van der Waals surface area contributed by atoms with E-state index in [-0.39, 0.29) is 18.7 Å². The highest BCUT2D eigenvalue weighted by molar-refractivity contribution is 5.94. The van der Waals surface area contributed by atoms with Crippen LogP contribution in [0.25, 0.3) is 0 Å². The van der Waals surface area contributed by atoms with Crippen LogP contribution in [0.15, 0.2) is 36.5 Å². The molecule has 3 aliphatic rings. The number of anilines is 1. The number of ether oxygens (including phenoxy) is 2. The topological polar surface area (TPSA) is 63.7 Å². The number of likely N-dealkylation sites (tertiary alicyclic amines) is 1. The molecule has 1 saturated carbocycles. The van der Waals surface area contributed by atoms with E-state index >= 15 is 0 Å². The van der Waals surface area contributed by atoms with Crippen LogP contribution >= 0.6 is 0 Å². The second-order valence-electron chi connectivity index (χ2n) is 7.86. The molecule has 1 atom stereocenters. The first-order valence-corrected chi connectivity index (χ1v) is 10.2. The fraction of sp³-hybridized carbons (Fsp3) is 0.455. The first-order valence-electron chi connectivity index (χ1n) is 10.2. The summed E-state index contributed by atoms with van der Waals surface area (Å²) in [6, 6.07) is 9.99. The zero-order valence-corrected chi connectivity index (χ0v) is 15.9. The summed E-state index contributed by atoms with van der Waals surface area (Å²) < 4.78 is 11.0. The van der Waals surface area contributed by atoms with Crippen molar-refractivity contribution in [2.45, 2.75) is 50.6 Å². The van der Waals surface area contributed by atoms with Crippen LogP contribution in [0.3, 0.4) is 0 Å². The van der Waals surface area contributed by atoms with Crippen LogP contribution in [-0.2, 0) is 11.3 Å². The molecular formula is C22H25N3O3. The SMILES string of the molecule is O=C(Nc1ccc(C2CC2)cc1)[C@H]1CCCCN1Cc1nccc2c1OCO2. The Morgan fingerprint density at radius 3 is 2.79 bits per heavy atom. The van der Waals surface area contributed by atoms with Crippen LogP contribution in [0, 0.1) is 0 Å². The molecule has 2 aliphatic heterocycles. The molecule has 3 heterocycles. The lowest BCUT2D eigenvalue weighted by molar-refractivity contribution is -0.122. The average molecular weight is 379 g/mol. The molecule has 28 heavy (non-hydrogen) atoms. The van der Waals surface area contributed by atoms with Crippen molar-refractivity contribution in [3.05, 3.63) is 47.8 Å². The molecule has 1 aromatic heterocycles. The molecule has 0 bridgehead atoms. The summed E-state index contributed by atoms with van der Waals surface area (Å²) in [7, 11) is 0. The third-order valence-corrected chi connectivity index (χ3v) is 5.86. The second kappa shape index (κ2) is 7.43. The lowest BCUT2D eigenvalue weighted by Crippen LogP contribution is -2.46. The van der Waals surface area contributed by atoms with Crippen molar-refractivity contribution < 1.29 is 14.3 Å². The number of hydrogen-bond acceptors (Lipinski definition) is 5. The largest absolute Gasteiger partial charge is 0.453 e. The maximum Gasteiger partial charge on any atom is 0.241 e. The third kappa shape index (κ3) is 3.56. The first kappa shape index (κ1) is 17.5. The number of hydrogen-bond donors (Lipinski definition) is 1. The predicted octanol–water partition coefficient (Wildman–Crippen LogP) is 3.68. The smallest absolute Gasteiger partial charge is 0.241 e. The van der Waals surface area contributed by atoms with Crippen molar-refractivity contribution in [3.63, 3.8) is 0 Å². The number of nitrogens with zero attached hydrogens (tertiary/aromatic N) is 2. The molecule has 1 aromatic carbocycles. The van der Waals surface area contributed by atoms with Crippen molar-refractivity contribution in [2.24, 2.45) is 0 Å². The van der Waals surface area contributed by atoms with Gasteiger partial charge in [0.15, 0.2) is 11.5 Å². The van der Waals surface area contributed by atoms with E-state index in [1.807, 2.05) is 18.2 Å².